The molecule has 0 aliphatic heterocycles. The Bertz CT molecular complexity index is 628. The van der Waals surface area contributed by atoms with Crippen LogP contribution in [0, 0.1) is 6.92 Å². The SMILES string of the molecule is COc1c(C(C)C)cc(Cl)c(C)c1-c1cc(N)n(C)n1. The van der Waals surface area contributed by atoms with E-state index in [-0.39, 0.29) is 0 Å². The maximum absolute atomic E-state index is 6.37. The summed E-state index contributed by atoms with van der Waals surface area (Å²) < 4.78 is 7.27. The zero-order chi connectivity index (χ0) is 15.0. The molecule has 0 atom stereocenters. The molecular weight excluding hydrogens is 274 g/mol. The third-order valence-electron chi connectivity index (χ3n) is 3.50. The number of benzene rings is 1. The number of rotatable bonds is 3. The molecule has 0 bridgehead atoms. The van der Waals surface area contributed by atoms with Gasteiger partial charge in [0.15, 0.2) is 0 Å². The lowest BCUT2D eigenvalue weighted by Gasteiger charge is -2.18. The summed E-state index contributed by atoms with van der Waals surface area (Å²) in [6.07, 6.45) is 0. The molecule has 0 unspecified atom stereocenters. The highest BCUT2D eigenvalue weighted by Crippen LogP contribution is 2.42. The molecule has 0 amide bonds. The molecular formula is C15H20ClN3O. The van der Waals surface area contributed by atoms with Crippen molar-refractivity contribution in [1.82, 2.24) is 9.78 Å². The van der Waals surface area contributed by atoms with E-state index in [1.54, 1.807) is 11.8 Å². The highest BCUT2D eigenvalue weighted by molar-refractivity contribution is 6.32. The fourth-order valence-electron chi connectivity index (χ4n) is 2.31. The summed E-state index contributed by atoms with van der Waals surface area (Å²) in [6.45, 7) is 6.19. The summed E-state index contributed by atoms with van der Waals surface area (Å²) in [6, 6.07) is 3.81. The van der Waals surface area contributed by atoms with Crippen LogP contribution in [0.4, 0.5) is 5.82 Å². The number of anilines is 1. The molecule has 1 heterocycles. The van der Waals surface area contributed by atoms with Gasteiger partial charge >= 0.3 is 0 Å². The van der Waals surface area contributed by atoms with E-state index in [2.05, 4.69) is 18.9 Å². The van der Waals surface area contributed by atoms with Gasteiger partial charge in [0.05, 0.1) is 12.8 Å². The molecule has 0 saturated heterocycles. The Kier molecular flexibility index (Phi) is 3.95. The van der Waals surface area contributed by atoms with Crippen molar-refractivity contribution < 1.29 is 4.74 Å². The number of aromatic nitrogens is 2. The third kappa shape index (κ3) is 2.36. The van der Waals surface area contributed by atoms with Gasteiger partial charge in [-0.15, -0.1) is 0 Å². The third-order valence-corrected chi connectivity index (χ3v) is 3.90. The van der Waals surface area contributed by atoms with Gasteiger partial charge in [0.2, 0.25) is 0 Å². The summed E-state index contributed by atoms with van der Waals surface area (Å²) in [5.41, 5.74) is 9.60. The molecule has 20 heavy (non-hydrogen) atoms. The van der Waals surface area contributed by atoms with Crippen molar-refractivity contribution in [1.29, 1.82) is 0 Å². The van der Waals surface area contributed by atoms with Crippen molar-refractivity contribution in [2.24, 2.45) is 7.05 Å². The van der Waals surface area contributed by atoms with E-state index in [1.165, 1.54) is 0 Å². The Morgan fingerprint density at radius 2 is 2.00 bits per heavy atom. The van der Waals surface area contributed by atoms with Crippen LogP contribution in [0.3, 0.4) is 0 Å². The second-order valence-corrected chi connectivity index (χ2v) is 5.62. The number of ether oxygens (including phenoxy) is 1. The van der Waals surface area contributed by atoms with Crippen LogP contribution < -0.4 is 10.5 Å². The van der Waals surface area contributed by atoms with Crippen LogP contribution in [0.5, 0.6) is 5.75 Å². The number of halogens is 1. The monoisotopic (exact) mass is 293 g/mol. The molecule has 0 fully saturated rings. The Hall–Kier alpha value is -1.68. The van der Waals surface area contributed by atoms with E-state index in [9.17, 15) is 0 Å². The first-order chi connectivity index (χ1) is 9.36. The molecule has 0 aliphatic carbocycles. The number of hydrogen-bond acceptors (Lipinski definition) is 3. The normalized spacial score (nSPS) is 11.2. The molecule has 2 N–H and O–H groups in total. The highest BCUT2D eigenvalue weighted by atomic mass is 35.5. The second-order valence-electron chi connectivity index (χ2n) is 5.21. The fraction of sp³-hybridized carbons (Fsp3) is 0.400. The van der Waals surface area contributed by atoms with Gasteiger partial charge < -0.3 is 10.5 Å². The lowest BCUT2D eigenvalue weighted by atomic mass is 9.94. The first kappa shape index (κ1) is 14.7. The summed E-state index contributed by atoms with van der Waals surface area (Å²) in [5.74, 6) is 1.73. The number of nitrogens with two attached hydrogens (primary N) is 1. The van der Waals surface area contributed by atoms with Gasteiger partial charge in [-0.2, -0.15) is 5.10 Å². The minimum Gasteiger partial charge on any atom is -0.496 e. The van der Waals surface area contributed by atoms with Crippen LogP contribution in [0.25, 0.3) is 11.3 Å². The maximum atomic E-state index is 6.37. The molecule has 0 aliphatic rings. The van der Waals surface area contributed by atoms with Crippen LogP contribution in [-0.4, -0.2) is 16.9 Å². The number of nitrogens with zero attached hydrogens (tertiary/aromatic N) is 2. The lowest BCUT2D eigenvalue weighted by Crippen LogP contribution is -2.01. The largest absolute Gasteiger partial charge is 0.496 e. The van der Waals surface area contributed by atoms with Crippen molar-refractivity contribution in [2.75, 3.05) is 12.8 Å². The minimum atomic E-state index is 0.308. The van der Waals surface area contributed by atoms with Gasteiger partial charge in [0, 0.05) is 23.7 Å². The Morgan fingerprint density at radius 1 is 1.35 bits per heavy atom. The molecule has 2 rings (SSSR count). The van der Waals surface area contributed by atoms with Gasteiger partial charge in [0.1, 0.15) is 11.6 Å². The molecule has 1 aromatic heterocycles. The predicted molar refractivity (Wildman–Crippen MR) is 83.4 cm³/mol. The van der Waals surface area contributed by atoms with Gasteiger partial charge in [-0.25, -0.2) is 0 Å². The minimum absolute atomic E-state index is 0.308. The van der Waals surface area contributed by atoms with Crippen LogP contribution >= 0.6 is 11.6 Å². The highest BCUT2D eigenvalue weighted by Gasteiger charge is 2.21. The second kappa shape index (κ2) is 5.37. The number of methoxy groups -OCH3 is 1. The zero-order valence-electron chi connectivity index (χ0n) is 12.5. The lowest BCUT2D eigenvalue weighted by molar-refractivity contribution is 0.409. The van der Waals surface area contributed by atoms with Gasteiger partial charge in [-0.05, 0) is 30.0 Å². The quantitative estimate of drug-likeness (QED) is 0.937. The Balaban J connectivity index is 2.79. The Morgan fingerprint density at radius 3 is 2.45 bits per heavy atom. The summed E-state index contributed by atoms with van der Waals surface area (Å²) in [7, 11) is 3.49. The van der Waals surface area contributed by atoms with Crippen LogP contribution in [0.15, 0.2) is 12.1 Å². The van der Waals surface area contributed by atoms with Crippen molar-refractivity contribution in [3.8, 4) is 17.0 Å². The van der Waals surface area contributed by atoms with Crippen LogP contribution in [-0.2, 0) is 7.05 Å². The van der Waals surface area contributed by atoms with Crippen molar-refractivity contribution in [3.05, 3.63) is 28.3 Å². The van der Waals surface area contributed by atoms with Gasteiger partial charge in [-0.3, -0.25) is 4.68 Å². The summed E-state index contributed by atoms with van der Waals surface area (Å²) in [4.78, 5) is 0. The van der Waals surface area contributed by atoms with E-state index >= 15 is 0 Å². The topological polar surface area (TPSA) is 53.1 Å². The van der Waals surface area contributed by atoms with Gasteiger partial charge in [-0.1, -0.05) is 25.4 Å². The van der Waals surface area contributed by atoms with E-state index < -0.39 is 0 Å². The van der Waals surface area contributed by atoms with E-state index in [0.717, 1.165) is 28.1 Å². The average Bonchev–Trinajstić information content (AvgIpc) is 2.71. The molecule has 5 heteroatoms. The van der Waals surface area contributed by atoms with Crippen LogP contribution in [0.2, 0.25) is 5.02 Å². The summed E-state index contributed by atoms with van der Waals surface area (Å²) in [5, 5.41) is 5.16. The van der Waals surface area contributed by atoms with E-state index in [4.69, 9.17) is 22.1 Å². The molecule has 0 saturated carbocycles. The summed E-state index contributed by atoms with van der Waals surface area (Å²) >= 11 is 6.37. The van der Waals surface area contributed by atoms with Crippen LogP contribution in [0.1, 0.15) is 30.9 Å². The van der Waals surface area contributed by atoms with Gasteiger partial charge in [0.25, 0.3) is 0 Å². The first-order valence-electron chi connectivity index (χ1n) is 6.53. The molecule has 1 aromatic carbocycles. The number of hydrogen-bond donors (Lipinski definition) is 1. The molecule has 2 aromatic rings. The molecule has 0 radical (unpaired) electrons. The van der Waals surface area contributed by atoms with E-state index in [0.29, 0.717) is 16.8 Å². The smallest absolute Gasteiger partial charge is 0.132 e. The fourth-order valence-corrected chi connectivity index (χ4v) is 2.52. The number of aryl methyl sites for hydroxylation is 1. The van der Waals surface area contributed by atoms with Crippen molar-refractivity contribution in [2.45, 2.75) is 26.7 Å². The molecule has 108 valence electrons. The predicted octanol–water partition coefficient (Wildman–Crippen LogP) is 3.76. The maximum Gasteiger partial charge on any atom is 0.132 e. The van der Waals surface area contributed by atoms with Crippen molar-refractivity contribution in [3.63, 3.8) is 0 Å². The van der Waals surface area contributed by atoms with Crippen molar-refractivity contribution >= 4 is 17.4 Å². The van der Waals surface area contributed by atoms with E-state index in [1.807, 2.05) is 26.1 Å². The zero-order valence-corrected chi connectivity index (χ0v) is 13.2. The molecule has 0 spiro atoms. The standard InChI is InChI=1S/C15H20ClN3O/c1-8(2)10-6-11(16)9(3)14(15(10)20-5)12-7-13(17)19(4)18-12/h6-8H,17H2,1-5H3. The first-order valence-corrected chi connectivity index (χ1v) is 6.91. The average molecular weight is 294 g/mol. The number of nitrogen functional groups attached to an aromatic ring is 1. The Labute approximate surface area is 124 Å². The molecule has 4 nitrogen and oxygen atoms in total.